The molecule has 2 fully saturated rings. The fraction of sp³-hybridized carbons (Fsp3) is 1.00. The SMILES string of the molecule is CCC1CCC2(C1)CN(C(C)C)C2. The molecule has 1 heteroatoms. The summed E-state index contributed by atoms with van der Waals surface area (Å²) >= 11 is 0. The minimum atomic E-state index is 0.769. The van der Waals surface area contributed by atoms with Crippen LogP contribution in [0.2, 0.25) is 0 Å². The highest BCUT2D eigenvalue weighted by Gasteiger charge is 2.47. The Morgan fingerprint density at radius 2 is 2.08 bits per heavy atom. The molecule has 1 heterocycles. The van der Waals surface area contributed by atoms with Crippen LogP contribution in [0.4, 0.5) is 0 Å². The Labute approximate surface area is 82.5 Å². The van der Waals surface area contributed by atoms with Crippen LogP contribution in [0, 0.1) is 11.3 Å². The van der Waals surface area contributed by atoms with Crippen LogP contribution in [0.15, 0.2) is 0 Å². The van der Waals surface area contributed by atoms with Crippen molar-refractivity contribution in [3.8, 4) is 0 Å². The maximum Gasteiger partial charge on any atom is 0.00533 e. The standard InChI is InChI=1S/C12H23N/c1-4-11-5-6-12(7-11)8-13(9-12)10(2)3/h10-11H,4-9H2,1-3H3. The van der Waals surface area contributed by atoms with Gasteiger partial charge in [-0.25, -0.2) is 0 Å². The minimum Gasteiger partial charge on any atom is -0.300 e. The summed E-state index contributed by atoms with van der Waals surface area (Å²) in [6.45, 7) is 9.77. The molecule has 0 bridgehead atoms. The maximum absolute atomic E-state index is 2.62. The molecule has 1 saturated carbocycles. The van der Waals surface area contributed by atoms with Crippen molar-refractivity contribution in [2.75, 3.05) is 13.1 Å². The Balaban J connectivity index is 1.84. The van der Waals surface area contributed by atoms with Crippen LogP contribution in [0.5, 0.6) is 0 Å². The van der Waals surface area contributed by atoms with Crippen LogP contribution < -0.4 is 0 Å². The largest absolute Gasteiger partial charge is 0.300 e. The molecular weight excluding hydrogens is 158 g/mol. The second-order valence-electron chi connectivity index (χ2n) is 5.52. The second-order valence-corrected chi connectivity index (χ2v) is 5.52. The van der Waals surface area contributed by atoms with E-state index in [1.165, 1.54) is 38.8 Å². The van der Waals surface area contributed by atoms with Crippen LogP contribution in [-0.2, 0) is 0 Å². The van der Waals surface area contributed by atoms with Crippen molar-refractivity contribution in [2.24, 2.45) is 11.3 Å². The van der Waals surface area contributed by atoms with Gasteiger partial charge in [-0.3, -0.25) is 4.90 Å². The summed E-state index contributed by atoms with van der Waals surface area (Å²) < 4.78 is 0. The van der Waals surface area contributed by atoms with E-state index in [1.54, 1.807) is 0 Å². The van der Waals surface area contributed by atoms with Crippen molar-refractivity contribution < 1.29 is 0 Å². The zero-order valence-corrected chi connectivity index (χ0v) is 9.34. The fourth-order valence-electron chi connectivity index (χ4n) is 3.14. The van der Waals surface area contributed by atoms with Gasteiger partial charge in [-0.05, 0) is 44.4 Å². The molecule has 2 aliphatic rings. The van der Waals surface area contributed by atoms with Gasteiger partial charge in [0.05, 0.1) is 0 Å². The van der Waals surface area contributed by atoms with Crippen LogP contribution in [-0.4, -0.2) is 24.0 Å². The molecule has 0 aromatic carbocycles. The first-order valence-electron chi connectivity index (χ1n) is 5.89. The summed E-state index contributed by atoms with van der Waals surface area (Å²) in [7, 11) is 0. The topological polar surface area (TPSA) is 3.24 Å². The second kappa shape index (κ2) is 3.27. The van der Waals surface area contributed by atoms with E-state index in [4.69, 9.17) is 0 Å². The van der Waals surface area contributed by atoms with Crippen molar-refractivity contribution >= 4 is 0 Å². The Bertz CT molecular complexity index is 180. The molecule has 1 spiro atoms. The molecule has 1 aliphatic carbocycles. The Morgan fingerprint density at radius 3 is 2.54 bits per heavy atom. The Kier molecular flexibility index (Phi) is 2.39. The lowest BCUT2D eigenvalue weighted by molar-refractivity contribution is -0.0195. The molecule has 0 amide bonds. The predicted molar refractivity (Wildman–Crippen MR) is 56.8 cm³/mol. The molecular formula is C12H23N. The quantitative estimate of drug-likeness (QED) is 0.633. The van der Waals surface area contributed by atoms with Crippen molar-refractivity contribution in [1.29, 1.82) is 0 Å². The van der Waals surface area contributed by atoms with E-state index in [1.807, 2.05) is 0 Å². The fourth-order valence-corrected chi connectivity index (χ4v) is 3.14. The molecule has 0 radical (unpaired) electrons. The van der Waals surface area contributed by atoms with Gasteiger partial charge in [0.1, 0.15) is 0 Å². The molecule has 0 aromatic rings. The normalized spacial score (nSPS) is 32.8. The van der Waals surface area contributed by atoms with Crippen molar-refractivity contribution in [1.82, 2.24) is 4.90 Å². The van der Waals surface area contributed by atoms with Gasteiger partial charge in [-0.1, -0.05) is 13.3 Å². The van der Waals surface area contributed by atoms with E-state index in [-0.39, 0.29) is 0 Å². The van der Waals surface area contributed by atoms with Gasteiger partial charge in [-0.15, -0.1) is 0 Å². The third-order valence-electron chi connectivity index (χ3n) is 4.19. The van der Waals surface area contributed by atoms with Crippen molar-refractivity contribution in [3.05, 3.63) is 0 Å². The van der Waals surface area contributed by atoms with E-state index in [0.717, 1.165) is 17.4 Å². The molecule has 0 aromatic heterocycles. The highest BCUT2D eigenvalue weighted by molar-refractivity contribution is 5.00. The first-order chi connectivity index (χ1) is 6.15. The average molecular weight is 181 g/mol. The van der Waals surface area contributed by atoms with Gasteiger partial charge in [0.2, 0.25) is 0 Å². The minimum absolute atomic E-state index is 0.769. The lowest BCUT2D eigenvalue weighted by atomic mass is 9.76. The monoisotopic (exact) mass is 181 g/mol. The van der Waals surface area contributed by atoms with E-state index in [0.29, 0.717) is 0 Å². The summed E-state index contributed by atoms with van der Waals surface area (Å²) in [4.78, 5) is 2.62. The van der Waals surface area contributed by atoms with Gasteiger partial charge in [0.25, 0.3) is 0 Å². The average Bonchev–Trinajstić information content (AvgIpc) is 2.44. The third kappa shape index (κ3) is 1.63. The third-order valence-corrected chi connectivity index (χ3v) is 4.19. The lowest BCUT2D eigenvalue weighted by Gasteiger charge is -2.50. The molecule has 1 unspecified atom stereocenters. The van der Waals surface area contributed by atoms with E-state index in [2.05, 4.69) is 25.7 Å². The molecule has 1 nitrogen and oxygen atoms in total. The lowest BCUT2D eigenvalue weighted by Crippen LogP contribution is -2.57. The highest BCUT2D eigenvalue weighted by Crippen LogP contribution is 2.49. The summed E-state index contributed by atoms with van der Waals surface area (Å²) in [5.41, 5.74) is 0.769. The first kappa shape index (κ1) is 9.51. The van der Waals surface area contributed by atoms with Crippen molar-refractivity contribution in [2.45, 2.75) is 52.5 Å². The smallest absolute Gasteiger partial charge is 0.00533 e. The van der Waals surface area contributed by atoms with Gasteiger partial charge in [-0.2, -0.15) is 0 Å². The molecule has 1 atom stereocenters. The number of likely N-dealkylation sites (tertiary alicyclic amines) is 1. The van der Waals surface area contributed by atoms with E-state index < -0.39 is 0 Å². The molecule has 0 N–H and O–H groups in total. The maximum atomic E-state index is 2.62. The molecule has 1 aliphatic heterocycles. The first-order valence-corrected chi connectivity index (χ1v) is 5.89. The Hall–Kier alpha value is -0.0400. The van der Waals surface area contributed by atoms with E-state index in [9.17, 15) is 0 Å². The summed E-state index contributed by atoms with van der Waals surface area (Å²) in [6, 6.07) is 0.770. The highest BCUT2D eigenvalue weighted by atomic mass is 15.2. The van der Waals surface area contributed by atoms with E-state index >= 15 is 0 Å². The number of hydrogen-bond donors (Lipinski definition) is 0. The summed E-state index contributed by atoms with van der Waals surface area (Å²) in [6.07, 6.45) is 5.94. The van der Waals surface area contributed by atoms with Gasteiger partial charge >= 0.3 is 0 Å². The molecule has 1 saturated heterocycles. The summed E-state index contributed by atoms with van der Waals surface area (Å²) in [5, 5.41) is 0. The van der Waals surface area contributed by atoms with Crippen LogP contribution >= 0.6 is 0 Å². The van der Waals surface area contributed by atoms with Crippen LogP contribution in [0.1, 0.15) is 46.5 Å². The van der Waals surface area contributed by atoms with Gasteiger partial charge < -0.3 is 0 Å². The molecule has 2 rings (SSSR count). The number of rotatable bonds is 2. The Morgan fingerprint density at radius 1 is 1.38 bits per heavy atom. The van der Waals surface area contributed by atoms with Crippen LogP contribution in [0.25, 0.3) is 0 Å². The number of hydrogen-bond acceptors (Lipinski definition) is 1. The van der Waals surface area contributed by atoms with Gasteiger partial charge in [0, 0.05) is 19.1 Å². The summed E-state index contributed by atoms with van der Waals surface area (Å²) in [5.74, 6) is 1.05. The zero-order valence-electron chi connectivity index (χ0n) is 9.34. The van der Waals surface area contributed by atoms with Gasteiger partial charge in [0.15, 0.2) is 0 Å². The molecule has 13 heavy (non-hydrogen) atoms. The molecule has 76 valence electrons. The predicted octanol–water partition coefficient (Wildman–Crippen LogP) is 2.91. The van der Waals surface area contributed by atoms with Crippen molar-refractivity contribution in [3.63, 3.8) is 0 Å². The van der Waals surface area contributed by atoms with Crippen LogP contribution in [0.3, 0.4) is 0 Å². The number of nitrogens with zero attached hydrogens (tertiary/aromatic N) is 1. The zero-order chi connectivity index (χ0) is 9.47.